The normalized spacial score (nSPS) is 12.4. The summed E-state index contributed by atoms with van der Waals surface area (Å²) in [6, 6.07) is 11.9. The highest BCUT2D eigenvalue weighted by molar-refractivity contribution is 14.1. The van der Waals surface area contributed by atoms with Crippen molar-refractivity contribution in [2.24, 2.45) is 0 Å². The van der Waals surface area contributed by atoms with Crippen LogP contribution in [0.1, 0.15) is 17.2 Å². The molecule has 0 aromatic heterocycles. The summed E-state index contributed by atoms with van der Waals surface area (Å²) in [5, 5.41) is 10.6. The van der Waals surface area contributed by atoms with E-state index in [-0.39, 0.29) is 12.2 Å². The van der Waals surface area contributed by atoms with Crippen molar-refractivity contribution in [3.63, 3.8) is 0 Å². The second-order valence-corrected chi connectivity index (χ2v) is 5.58. The van der Waals surface area contributed by atoms with Crippen LogP contribution in [0.25, 0.3) is 0 Å². The van der Waals surface area contributed by atoms with Gasteiger partial charge >= 0.3 is 0 Å². The fourth-order valence-corrected chi connectivity index (χ4v) is 2.70. The maximum absolute atomic E-state index is 13.6. The van der Waals surface area contributed by atoms with Crippen LogP contribution in [0.3, 0.4) is 0 Å². The molecule has 0 spiro atoms. The summed E-state index contributed by atoms with van der Waals surface area (Å²) in [7, 11) is 0. The standard InChI is InChI=1S/C14H11ClFIO/c15-10-5-6-12(16)9(7-10)8-14(18)11-3-1-2-4-13(11)17/h1-7,14,18H,8H2. The Morgan fingerprint density at radius 2 is 1.94 bits per heavy atom. The molecule has 18 heavy (non-hydrogen) atoms. The average molecular weight is 377 g/mol. The first-order chi connectivity index (χ1) is 8.58. The molecule has 1 nitrogen and oxygen atoms in total. The Labute approximate surface area is 124 Å². The van der Waals surface area contributed by atoms with Crippen LogP contribution in [0.2, 0.25) is 5.02 Å². The maximum Gasteiger partial charge on any atom is 0.126 e. The topological polar surface area (TPSA) is 20.2 Å². The fraction of sp³-hybridized carbons (Fsp3) is 0.143. The number of hydrogen-bond donors (Lipinski definition) is 1. The minimum absolute atomic E-state index is 0.215. The van der Waals surface area contributed by atoms with Crippen LogP contribution in [0.15, 0.2) is 42.5 Å². The lowest BCUT2D eigenvalue weighted by atomic mass is 10.0. The summed E-state index contributed by atoms with van der Waals surface area (Å²) in [6.45, 7) is 0. The Bertz CT molecular complexity index is 559. The highest BCUT2D eigenvalue weighted by atomic mass is 127. The Morgan fingerprint density at radius 3 is 2.67 bits per heavy atom. The van der Waals surface area contributed by atoms with E-state index in [1.165, 1.54) is 12.1 Å². The second kappa shape index (κ2) is 5.99. The lowest BCUT2D eigenvalue weighted by molar-refractivity contribution is 0.176. The van der Waals surface area contributed by atoms with Gasteiger partial charge in [-0.05, 0) is 58.0 Å². The third kappa shape index (κ3) is 3.22. The van der Waals surface area contributed by atoms with Crippen LogP contribution in [0.5, 0.6) is 0 Å². The first kappa shape index (κ1) is 13.8. The number of aliphatic hydroxyl groups excluding tert-OH is 1. The van der Waals surface area contributed by atoms with Crippen LogP contribution < -0.4 is 0 Å². The fourth-order valence-electron chi connectivity index (χ4n) is 1.76. The van der Waals surface area contributed by atoms with E-state index in [9.17, 15) is 9.50 Å². The molecule has 0 bridgehead atoms. The molecule has 1 unspecified atom stereocenters. The second-order valence-electron chi connectivity index (χ2n) is 3.98. The van der Waals surface area contributed by atoms with Gasteiger partial charge in [0.25, 0.3) is 0 Å². The van der Waals surface area contributed by atoms with Gasteiger partial charge in [-0.25, -0.2) is 4.39 Å². The zero-order valence-electron chi connectivity index (χ0n) is 9.41. The Kier molecular flexibility index (Phi) is 4.59. The molecule has 4 heteroatoms. The molecule has 2 aromatic rings. The third-order valence-corrected chi connectivity index (χ3v) is 3.90. The maximum atomic E-state index is 13.6. The molecule has 0 heterocycles. The van der Waals surface area contributed by atoms with Gasteiger partial charge in [0, 0.05) is 15.0 Å². The number of halogens is 3. The van der Waals surface area contributed by atoms with Gasteiger partial charge in [0.2, 0.25) is 0 Å². The smallest absolute Gasteiger partial charge is 0.126 e. The van der Waals surface area contributed by atoms with Crippen molar-refractivity contribution in [2.75, 3.05) is 0 Å². The van der Waals surface area contributed by atoms with E-state index in [2.05, 4.69) is 22.6 Å². The first-order valence-electron chi connectivity index (χ1n) is 5.44. The third-order valence-electron chi connectivity index (χ3n) is 2.69. The molecule has 2 aromatic carbocycles. The molecule has 0 amide bonds. The van der Waals surface area contributed by atoms with Gasteiger partial charge in [0.1, 0.15) is 5.82 Å². The van der Waals surface area contributed by atoms with E-state index < -0.39 is 6.10 Å². The highest BCUT2D eigenvalue weighted by Crippen LogP contribution is 2.25. The lowest BCUT2D eigenvalue weighted by Crippen LogP contribution is -2.05. The predicted molar refractivity (Wildman–Crippen MR) is 79.2 cm³/mol. The molecule has 0 radical (unpaired) electrons. The summed E-state index contributed by atoms with van der Waals surface area (Å²) >= 11 is 7.98. The van der Waals surface area contributed by atoms with Crippen molar-refractivity contribution < 1.29 is 9.50 Å². The van der Waals surface area contributed by atoms with Crippen molar-refractivity contribution in [2.45, 2.75) is 12.5 Å². The van der Waals surface area contributed by atoms with Crippen LogP contribution in [0.4, 0.5) is 4.39 Å². The number of aliphatic hydroxyl groups is 1. The SMILES string of the molecule is OC(Cc1cc(Cl)ccc1F)c1ccccc1I. The summed E-state index contributed by atoms with van der Waals surface area (Å²) in [6.07, 6.45) is -0.516. The van der Waals surface area contributed by atoms with Crippen molar-refractivity contribution in [1.82, 2.24) is 0 Å². The van der Waals surface area contributed by atoms with Gasteiger partial charge in [-0.1, -0.05) is 29.8 Å². The Morgan fingerprint density at radius 1 is 1.22 bits per heavy atom. The average Bonchev–Trinajstić information content (AvgIpc) is 2.34. The van der Waals surface area contributed by atoms with E-state index in [0.717, 1.165) is 9.13 Å². The van der Waals surface area contributed by atoms with E-state index in [0.29, 0.717) is 10.6 Å². The largest absolute Gasteiger partial charge is 0.388 e. The molecule has 1 atom stereocenters. The Hall–Kier alpha value is -0.650. The number of benzene rings is 2. The van der Waals surface area contributed by atoms with Gasteiger partial charge < -0.3 is 5.11 Å². The number of rotatable bonds is 3. The van der Waals surface area contributed by atoms with Crippen LogP contribution >= 0.6 is 34.2 Å². The lowest BCUT2D eigenvalue weighted by Gasteiger charge is -2.13. The zero-order chi connectivity index (χ0) is 13.1. The van der Waals surface area contributed by atoms with Crippen LogP contribution in [-0.2, 0) is 6.42 Å². The van der Waals surface area contributed by atoms with E-state index in [1.807, 2.05) is 24.3 Å². The highest BCUT2D eigenvalue weighted by Gasteiger charge is 2.14. The molecule has 94 valence electrons. The molecule has 2 rings (SSSR count). The predicted octanol–water partition coefficient (Wildman–Crippen LogP) is 4.36. The van der Waals surface area contributed by atoms with Crippen molar-refractivity contribution in [3.05, 3.63) is 68.0 Å². The van der Waals surface area contributed by atoms with E-state index in [1.54, 1.807) is 6.07 Å². The van der Waals surface area contributed by atoms with Crippen LogP contribution in [-0.4, -0.2) is 5.11 Å². The molecular formula is C14H11ClFIO. The van der Waals surface area contributed by atoms with Crippen molar-refractivity contribution >= 4 is 34.2 Å². The van der Waals surface area contributed by atoms with Gasteiger partial charge in [-0.15, -0.1) is 0 Å². The summed E-state index contributed by atoms with van der Waals surface area (Å²) in [4.78, 5) is 0. The summed E-state index contributed by atoms with van der Waals surface area (Å²) in [5.41, 5.74) is 1.23. The Balaban J connectivity index is 2.24. The monoisotopic (exact) mass is 376 g/mol. The van der Waals surface area contributed by atoms with Gasteiger partial charge in [-0.2, -0.15) is 0 Å². The molecule has 0 fully saturated rings. The molecule has 0 aliphatic heterocycles. The van der Waals surface area contributed by atoms with Crippen molar-refractivity contribution in [3.8, 4) is 0 Å². The minimum Gasteiger partial charge on any atom is -0.388 e. The van der Waals surface area contributed by atoms with Crippen molar-refractivity contribution in [1.29, 1.82) is 0 Å². The van der Waals surface area contributed by atoms with Crippen LogP contribution in [0, 0.1) is 9.39 Å². The molecule has 0 aliphatic carbocycles. The molecular weight excluding hydrogens is 366 g/mol. The minimum atomic E-state index is -0.730. The van der Waals surface area contributed by atoms with E-state index in [4.69, 9.17) is 11.6 Å². The van der Waals surface area contributed by atoms with Gasteiger partial charge in [0.05, 0.1) is 6.10 Å². The quantitative estimate of drug-likeness (QED) is 0.789. The number of hydrogen-bond acceptors (Lipinski definition) is 1. The zero-order valence-corrected chi connectivity index (χ0v) is 12.3. The first-order valence-corrected chi connectivity index (χ1v) is 6.90. The summed E-state index contributed by atoms with van der Waals surface area (Å²) < 4.78 is 14.5. The van der Waals surface area contributed by atoms with E-state index >= 15 is 0 Å². The molecule has 1 N–H and O–H groups in total. The van der Waals surface area contributed by atoms with Gasteiger partial charge in [0.15, 0.2) is 0 Å². The molecule has 0 aliphatic rings. The molecule has 0 saturated carbocycles. The summed E-state index contributed by atoms with van der Waals surface area (Å²) in [5.74, 6) is -0.343. The van der Waals surface area contributed by atoms with Gasteiger partial charge in [-0.3, -0.25) is 0 Å². The molecule has 0 saturated heterocycles.